The first-order chi connectivity index (χ1) is 7.84. The lowest BCUT2D eigenvalue weighted by Gasteiger charge is -1.97. The lowest BCUT2D eigenvalue weighted by atomic mass is 10.3. The summed E-state index contributed by atoms with van der Waals surface area (Å²) < 4.78 is 6.36. The first-order valence-corrected chi connectivity index (χ1v) is 6.65. The van der Waals surface area contributed by atoms with Gasteiger partial charge in [0.1, 0.15) is 5.76 Å². The van der Waals surface area contributed by atoms with Crippen LogP contribution >= 0.6 is 27.3 Å². The third-order valence-corrected chi connectivity index (χ3v) is 3.59. The molecule has 4 heteroatoms. The Bertz CT molecular complexity index is 447. The SMILES string of the molecule is Brc1cc(CNC/C=C/c2ccco2)cs1. The van der Waals surface area contributed by atoms with Crippen LogP contribution in [0.1, 0.15) is 11.3 Å². The summed E-state index contributed by atoms with van der Waals surface area (Å²) in [5.74, 6) is 0.889. The Morgan fingerprint density at radius 3 is 3.12 bits per heavy atom. The van der Waals surface area contributed by atoms with Gasteiger partial charge in [0.05, 0.1) is 10.0 Å². The van der Waals surface area contributed by atoms with Crippen molar-refractivity contribution >= 4 is 33.3 Å². The van der Waals surface area contributed by atoms with E-state index in [4.69, 9.17) is 4.42 Å². The molecule has 2 heterocycles. The lowest BCUT2D eigenvalue weighted by Crippen LogP contribution is -2.11. The summed E-state index contributed by atoms with van der Waals surface area (Å²) in [6, 6.07) is 5.95. The molecule has 0 aromatic carbocycles. The average molecular weight is 298 g/mol. The molecule has 0 bridgehead atoms. The van der Waals surface area contributed by atoms with Crippen molar-refractivity contribution in [3.63, 3.8) is 0 Å². The van der Waals surface area contributed by atoms with Crippen molar-refractivity contribution < 1.29 is 4.42 Å². The summed E-state index contributed by atoms with van der Waals surface area (Å²) in [4.78, 5) is 0. The van der Waals surface area contributed by atoms with Gasteiger partial charge in [-0.3, -0.25) is 0 Å². The van der Waals surface area contributed by atoms with Crippen LogP contribution in [-0.2, 0) is 6.54 Å². The summed E-state index contributed by atoms with van der Waals surface area (Å²) in [7, 11) is 0. The molecule has 0 radical (unpaired) electrons. The van der Waals surface area contributed by atoms with E-state index in [9.17, 15) is 0 Å². The van der Waals surface area contributed by atoms with E-state index < -0.39 is 0 Å². The maximum absolute atomic E-state index is 5.18. The number of thiophene rings is 1. The zero-order valence-corrected chi connectivity index (χ0v) is 11.1. The average Bonchev–Trinajstić information content (AvgIpc) is 2.89. The van der Waals surface area contributed by atoms with Gasteiger partial charge in [0.2, 0.25) is 0 Å². The molecule has 1 N–H and O–H groups in total. The van der Waals surface area contributed by atoms with Crippen molar-refractivity contribution in [2.45, 2.75) is 6.54 Å². The highest BCUT2D eigenvalue weighted by Crippen LogP contribution is 2.20. The van der Waals surface area contributed by atoms with Crippen molar-refractivity contribution in [3.05, 3.63) is 51.0 Å². The Kier molecular flexibility index (Phi) is 4.39. The van der Waals surface area contributed by atoms with E-state index in [0.717, 1.165) is 18.8 Å². The van der Waals surface area contributed by atoms with E-state index in [-0.39, 0.29) is 0 Å². The van der Waals surface area contributed by atoms with Gasteiger partial charge in [-0.25, -0.2) is 0 Å². The number of nitrogens with one attached hydrogen (secondary N) is 1. The van der Waals surface area contributed by atoms with E-state index in [1.807, 2.05) is 18.2 Å². The van der Waals surface area contributed by atoms with Gasteiger partial charge in [0.15, 0.2) is 0 Å². The second kappa shape index (κ2) is 6.03. The van der Waals surface area contributed by atoms with Crippen LogP contribution in [0.4, 0.5) is 0 Å². The van der Waals surface area contributed by atoms with E-state index >= 15 is 0 Å². The van der Waals surface area contributed by atoms with E-state index in [1.165, 1.54) is 9.35 Å². The van der Waals surface area contributed by atoms with Gasteiger partial charge in [-0.2, -0.15) is 0 Å². The summed E-state index contributed by atoms with van der Waals surface area (Å²) in [5.41, 5.74) is 1.31. The van der Waals surface area contributed by atoms with Gasteiger partial charge >= 0.3 is 0 Å². The molecule has 2 aromatic heterocycles. The minimum absolute atomic E-state index is 0.841. The molecular weight excluding hydrogens is 286 g/mol. The topological polar surface area (TPSA) is 25.2 Å². The van der Waals surface area contributed by atoms with Gasteiger partial charge in [-0.15, -0.1) is 11.3 Å². The molecule has 0 spiro atoms. The molecule has 84 valence electrons. The molecule has 2 nitrogen and oxygen atoms in total. The summed E-state index contributed by atoms with van der Waals surface area (Å²) in [6.45, 7) is 1.73. The largest absolute Gasteiger partial charge is 0.465 e. The number of rotatable bonds is 5. The van der Waals surface area contributed by atoms with E-state index in [0.29, 0.717) is 0 Å². The number of furan rings is 1. The standard InChI is InChI=1S/C12H12BrNOS/c13-12-7-10(9-16-12)8-14-5-1-3-11-4-2-6-15-11/h1-4,6-7,9,14H,5,8H2/b3-1+. The predicted molar refractivity (Wildman–Crippen MR) is 71.5 cm³/mol. The Labute approximate surface area is 107 Å². The van der Waals surface area contributed by atoms with Crippen molar-refractivity contribution in [1.29, 1.82) is 0 Å². The quantitative estimate of drug-likeness (QED) is 0.847. The smallest absolute Gasteiger partial charge is 0.126 e. The Balaban J connectivity index is 1.69. The molecule has 2 aromatic rings. The molecular formula is C12H12BrNOS. The van der Waals surface area contributed by atoms with Gasteiger partial charge in [-0.1, -0.05) is 6.08 Å². The van der Waals surface area contributed by atoms with Crippen LogP contribution in [0.25, 0.3) is 6.08 Å². The van der Waals surface area contributed by atoms with Crippen LogP contribution in [0.2, 0.25) is 0 Å². The van der Waals surface area contributed by atoms with Crippen LogP contribution in [0.15, 0.2) is 44.1 Å². The van der Waals surface area contributed by atoms with Gasteiger partial charge in [0.25, 0.3) is 0 Å². The van der Waals surface area contributed by atoms with Gasteiger partial charge < -0.3 is 9.73 Å². The van der Waals surface area contributed by atoms with Crippen LogP contribution in [0.3, 0.4) is 0 Å². The summed E-state index contributed by atoms with van der Waals surface area (Å²) in [5, 5.41) is 5.48. The number of hydrogen-bond donors (Lipinski definition) is 1. The molecule has 0 saturated carbocycles. The first kappa shape index (κ1) is 11.6. The van der Waals surface area contributed by atoms with Crippen molar-refractivity contribution in [3.8, 4) is 0 Å². The fraction of sp³-hybridized carbons (Fsp3) is 0.167. The normalized spacial score (nSPS) is 11.3. The van der Waals surface area contributed by atoms with Crippen LogP contribution < -0.4 is 5.32 Å². The number of halogens is 1. The summed E-state index contributed by atoms with van der Waals surface area (Å²) >= 11 is 5.16. The van der Waals surface area contributed by atoms with Crippen LogP contribution in [-0.4, -0.2) is 6.54 Å². The van der Waals surface area contributed by atoms with Crippen LogP contribution in [0.5, 0.6) is 0 Å². The van der Waals surface area contributed by atoms with Gasteiger partial charge in [-0.05, 0) is 51.1 Å². The Morgan fingerprint density at radius 1 is 1.50 bits per heavy atom. The lowest BCUT2D eigenvalue weighted by molar-refractivity contribution is 0.556. The fourth-order valence-corrected chi connectivity index (χ4v) is 2.51. The van der Waals surface area contributed by atoms with E-state index in [1.54, 1.807) is 17.6 Å². The molecule has 0 aliphatic heterocycles. The molecule has 0 atom stereocenters. The predicted octanol–water partition coefficient (Wildman–Crippen LogP) is 3.91. The molecule has 0 aliphatic rings. The van der Waals surface area contributed by atoms with Gasteiger partial charge in [0, 0.05) is 13.1 Å². The highest BCUT2D eigenvalue weighted by atomic mass is 79.9. The molecule has 16 heavy (non-hydrogen) atoms. The molecule has 0 aliphatic carbocycles. The minimum Gasteiger partial charge on any atom is -0.465 e. The third-order valence-electron chi connectivity index (χ3n) is 2.04. The van der Waals surface area contributed by atoms with Crippen molar-refractivity contribution in [2.24, 2.45) is 0 Å². The third kappa shape index (κ3) is 3.63. The van der Waals surface area contributed by atoms with Crippen LogP contribution in [0, 0.1) is 0 Å². The second-order valence-electron chi connectivity index (χ2n) is 3.31. The van der Waals surface area contributed by atoms with E-state index in [2.05, 4.69) is 38.8 Å². The minimum atomic E-state index is 0.841. The highest BCUT2D eigenvalue weighted by Gasteiger charge is 1.95. The Hall–Kier alpha value is -0.840. The summed E-state index contributed by atoms with van der Waals surface area (Å²) in [6.07, 6.45) is 5.70. The highest BCUT2D eigenvalue weighted by molar-refractivity contribution is 9.11. The molecule has 0 fully saturated rings. The molecule has 0 saturated heterocycles. The second-order valence-corrected chi connectivity index (χ2v) is 5.60. The van der Waals surface area contributed by atoms with Crippen molar-refractivity contribution in [1.82, 2.24) is 5.32 Å². The van der Waals surface area contributed by atoms with Crippen molar-refractivity contribution in [2.75, 3.05) is 6.54 Å². The molecule has 0 amide bonds. The monoisotopic (exact) mass is 297 g/mol. The first-order valence-electron chi connectivity index (χ1n) is 4.98. The maximum atomic E-state index is 5.18. The number of hydrogen-bond acceptors (Lipinski definition) is 3. The molecule has 2 rings (SSSR count). The fourth-order valence-electron chi connectivity index (χ4n) is 1.30. The zero-order chi connectivity index (χ0) is 11.2. The molecule has 0 unspecified atom stereocenters. The Morgan fingerprint density at radius 2 is 2.44 bits per heavy atom. The zero-order valence-electron chi connectivity index (χ0n) is 8.65. The maximum Gasteiger partial charge on any atom is 0.126 e.